The number of aromatic nitrogens is 4. The third kappa shape index (κ3) is 4.34. The summed E-state index contributed by atoms with van der Waals surface area (Å²) >= 11 is 1.74. The third-order valence-electron chi connectivity index (χ3n) is 3.24. The Bertz CT molecular complexity index is 498. The Morgan fingerprint density at radius 2 is 2.00 bits per heavy atom. The Balaban J connectivity index is 1.90. The van der Waals surface area contributed by atoms with E-state index in [4.69, 9.17) is 0 Å². The second-order valence-corrected chi connectivity index (χ2v) is 6.11. The molecule has 20 heavy (non-hydrogen) atoms. The van der Waals surface area contributed by atoms with Crippen LogP contribution in [0.1, 0.15) is 39.5 Å². The normalized spacial score (nSPS) is 12.5. The number of hydrogen-bond donors (Lipinski definition) is 0. The van der Waals surface area contributed by atoms with E-state index in [1.807, 2.05) is 35.0 Å². The highest BCUT2D eigenvalue weighted by Gasteiger charge is 2.10. The lowest BCUT2D eigenvalue weighted by Crippen LogP contribution is -2.02. The van der Waals surface area contributed by atoms with Crippen molar-refractivity contribution in [2.75, 3.05) is 5.75 Å². The molecule has 0 N–H and O–H groups in total. The first-order chi connectivity index (χ1) is 9.81. The minimum atomic E-state index is 0.701. The lowest BCUT2D eigenvalue weighted by atomic mass is 10.1. The van der Waals surface area contributed by atoms with Crippen molar-refractivity contribution in [3.63, 3.8) is 0 Å². The highest BCUT2D eigenvalue weighted by Crippen LogP contribution is 2.22. The SMILES string of the molecule is CCCCC[C@H](C)CSc1nnnn1-c1ccccc1. The van der Waals surface area contributed by atoms with Crippen molar-refractivity contribution in [3.8, 4) is 5.69 Å². The molecule has 0 aliphatic carbocycles. The molecule has 0 aliphatic rings. The smallest absolute Gasteiger partial charge is 0.188 e. The maximum atomic E-state index is 4.13. The van der Waals surface area contributed by atoms with E-state index in [0.29, 0.717) is 5.92 Å². The van der Waals surface area contributed by atoms with Crippen molar-refractivity contribution in [1.82, 2.24) is 20.2 Å². The Morgan fingerprint density at radius 1 is 1.20 bits per heavy atom. The molecule has 108 valence electrons. The number of tetrazole rings is 1. The van der Waals surface area contributed by atoms with E-state index < -0.39 is 0 Å². The van der Waals surface area contributed by atoms with Crippen LogP contribution >= 0.6 is 11.8 Å². The van der Waals surface area contributed by atoms with Crippen LogP contribution in [-0.4, -0.2) is 26.0 Å². The molecule has 4 nitrogen and oxygen atoms in total. The Morgan fingerprint density at radius 3 is 2.75 bits per heavy atom. The first kappa shape index (κ1) is 15.0. The van der Waals surface area contributed by atoms with Crippen molar-refractivity contribution < 1.29 is 0 Å². The monoisotopic (exact) mass is 290 g/mol. The van der Waals surface area contributed by atoms with Gasteiger partial charge in [0.15, 0.2) is 0 Å². The molecule has 0 saturated heterocycles. The van der Waals surface area contributed by atoms with E-state index >= 15 is 0 Å². The third-order valence-corrected chi connectivity index (χ3v) is 4.49. The summed E-state index contributed by atoms with van der Waals surface area (Å²) in [5, 5.41) is 12.9. The molecule has 2 aromatic rings. The van der Waals surface area contributed by atoms with E-state index in [1.54, 1.807) is 11.8 Å². The highest BCUT2D eigenvalue weighted by molar-refractivity contribution is 7.99. The highest BCUT2D eigenvalue weighted by atomic mass is 32.2. The molecule has 1 atom stereocenters. The predicted octanol–water partition coefficient (Wildman–Crippen LogP) is 3.97. The number of rotatable bonds is 8. The molecular weight excluding hydrogens is 268 g/mol. The van der Waals surface area contributed by atoms with Crippen LogP contribution in [0.15, 0.2) is 35.5 Å². The molecular formula is C15H22N4S. The Kier molecular flexibility index (Phi) is 6.05. The topological polar surface area (TPSA) is 43.6 Å². The number of thioether (sulfide) groups is 1. The van der Waals surface area contributed by atoms with Gasteiger partial charge in [-0.25, -0.2) is 0 Å². The van der Waals surface area contributed by atoms with E-state index in [9.17, 15) is 0 Å². The van der Waals surface area contributed by atoms with Crippen LogP contribution < -0.4 is 0 Å². The second-order valence-electron chi connectivity index (χ2n) is 5.12. The van der Waals surface area contributed by atoms with E-state index in [2.05, 4.69) is 29.4 Å². The standard InChI is InChI=1S/C15H22N4S/c1-3-4-6-9-13(2)12-20-15-16-17-18-19(15)14-10-7-5-8-11-14/h5,7-8,10-11,13H,3-4,6,9,12H2,1-2H3/t13-/m0/s1. The minimum absolute atomic E-state index is 0.701. The van der Waals surface area contributed by atoms with E-state index in [0.717, 1.165) is 16.6 Å². The molecule has 0 radical (unpaired) electrons. The van der Waals surface area contributed by atoms with E-state index in [1.165, 1.54) is 25.7 Å². The molecule has 2 rings (SSSR count). The van der Waals surface area contributed by atoms with E-state index in [-0.39, 0.29) is 0 Å². The number of benzene rings is 1. The molecule has 0 aliphatic heterocycles. The molecule has 0 unspecified atom stereocenters. The summed E-state index contributed by atoms with van der Waals surface area (Å²) < 4.78 is 1.81. The maximum absolute atomic E-state index is 4.13. The van der Waals surface area contributed by atoms with Crippen molar-refractivity contribution in [2.45, 2.75) is 44.7 Å². The Labute approximate surface area is 125 Å². The van der Waals surface area contributed by atoms with Gasteiger partial charge in [-0.1, -0.05) is 63.1 Å². The van der Waals surface area contributed by atoms with Gasteiger partial charge in [0.25, 0.3) is 0 Å². The molecule has 1 aromatic heterocycles. The quantitative estimate of drug-likeness (QED) is 0.545. The zero-order chi connectivity index (χ0) is 14.2. The van der Waals surface area contributed by atoms with Crippen molar-refractivity contribution in [3.05, 3.63) is 30.3 Å². The van der Waals surface area contributed by atoms with Crippen LogP contribution in [-0.2, 0) is 0 Å². The van der Waals surface area contributed by atoms with Gasteiger partial charge in [0, 0.05) is 5.75 Å². The van der Waals surface area contributed by atoms with Gasteiger partial charge in [0.05, 0.1) is 5.69 Å². The maximum Gasteiger partial charge on any atom is 0.214 e. The van der Waals surface area contributed by atoms with Crippen LogP contribution in [0, 0.1) is 5.92 Å². The number of unbranched alkanes of at least 4 members (excludes halogenated alkanes) is 2. The van der Waals surface area contributed by atoms with Gasteiger partial charge in [-0.2, -0.15) is 4.68 Å². The minimum Gasteiger partial charge on any atom is -0.188 e. The van der Waals surface area contributed by atoms with Gasteiger partial charge < -0.3 is 0 Å². The fourth-order valence-electron chi connectivity index (χ4n) is 2.04. The lowest BCUT2D eigenvalue weighted by Gasteiger charge is -2.10. The first-order valence-corrected chi connectivity index (χ1v) is 8.26. The van der Waals surface area contributed by atoms with Crippen molar-refractivity contribution in [2.24, 2.45) is 5.92 Å². The van der Waals surface area contributed by atoms with Crippen LogP contribution in [0.4, 0.5) is 0 Å². The van der Waals surface area contributed by atoms with Gasteiger partial charge in [-0.3, -0.25) is 0 Å². The molecule has 0 amide bonds. The summed E-state index contributed by atoms with van der Waals surface area (Å²) in [6.07, 6.45) is 5.22. The summed E-state index contributed by atoms with van der Waals surface area (Å²) in [5.41, 5.74) is 1.01. The summed E-state index contributed by atoms with van der Waals surface area (Å²) in [7, 11) is 0. The second kappa shape index (κ2) is 8.04. The van der Waals surface area contributed by atoms with Gasteiger partial charge in [0.1, 0.15) is 0 Å². The predicted molar refractivity (Wildman–Crippen MR) is 83.2 cm³/mol. The molecule has 0 fully saturated rings. The van der Waals surface area contributed by atoms with Gasteiger partial charge >= 0.3 is 0 Å². The average Bonchev–Trinajstić information content (AvgIpc) is 2.95. The van der Waals surface area contributed by atoms with Gasteiger partial charge in [-0.15, -0.1) is 5.10 Å². The first-order valence-electron chi connectivity index (χ1n) is 7.28. The van der Waals surface area contributed by atoms with Crippen LogP contribution in [0.3, 0.4) is 0 Å². The van der Waals surface area contributed by atoms with Gasteiger partial charge in [0.2, 0.25) is 5.16 Å². The molecule has 5 heteroatoms. The summed E-state index contributed by atoms with van der Waals surface area (Å²) in [5.74, 6) is 1.77. The molecule has 1 heterocycles. The number of nitrogens with zero attached hydrogens (tertiary/aromatic N) is 4. The number of hydrogen-bond acceptors (Lipinski definition) is 4. The van der Waals surface area contributed by atoms with Gasteiger partial charge in [-0.05, 0) is 34.9 Å². The molecule has 1 aromatic carbocycles. The largest absolute Gasteiger partial charge is 0.214 e. The lowest BCUT2D eigenvalue weighted by molar-refractivity contribution is 0.540. The summed E-state index contributed by atoms with van der Waals surface area (Å²) in [6, 6.07) is 10.0. The molecule has 0 saturated carbocycles. The zero-order valence-corrected chi connectivity index (χ0v) is 13.0. The zero-order valence-electron chi connectivity index (χ0n) is 12.2. The average molecular weight is 290 g/mol. The Hall–Kier alpha value is -1.36. The van der Waals surface area contributed by atoms with Crippen LogP contribution in [0.2, 0.25) is 0 Å². The van der Waals surface area contributed by atoms with Crippen molar-refractivity contribution >= 4 is 11.8 Å². The number of para-hydroxylation sites is 1. The van der Waals surface area contributed by atoms with Crippen LogP contribution in [0.25, 0.3) is 5.69 Å². The van der Waals surface area contributed by atoms with Crippen molar-refractivity contribution in [1.29, 1.82) is 0 Å². The molecule has 0 bridgehead atoms. The molecule has 0 spiro atoms. The summed E-state index contributed by atoms with van der Waals surface area (Å²) in [6.45, 7) is 4.55. The van der Waals surface area contributed by atoms with Crippen LogP contribution in [0.5, 0.6) is 0 Å². The fraction of sp³-hybridized carbons (Fsp3) is 0.533. The summed E-state index contributed by atoms with van der Waals surface area (Å²) in [4.78, 5) is 0. The fourth-order valence-corrected chi connectivity index (χ4v) is 3.00.